The lowest BCUT2D eigenvalue weighted by Gasteiger charge is -2.28. The number of terminal acetylenes is 1. The van der Waals surface area contributed by atoms with Crippen LogP contribution in [0.1, 0.15) is 40.2 Å². The Labute approximate surface area is 208 Å². The molecule has 0 unspecified atom stereocenters. The summed E-state index contributed by atoms with van der Waals surface area (Å²) in [4.78, 5) is 11.9. The molecule has 0 radical (unpaired) electrons. The highest BCUT2D eigenvalue weighted by molar-refractivity contribution is 7.92. The van der Waals surface area contributed by atoms with Gasteiger partial charge in [0.05, 0.1) is 15.5 Å². The average molecular weight is 507 g/mol. The molecule has 2 N–H and O–H groups in total. The quantitative estimate of drug-likeness (QED) is 0.362. The van der Waals surface area contributed by atoms with Crippen LogP contribution in [0.2, 0.25) is 0 Å². The van der Waals surface area contributed by atoms with Gasteiger partial charge in [-0.15, -0.1) is 17.8 Å². The summed E-state index contributed by atoms with van der Waals surface area (Å²) in [5, 5.41) is 0.619. The van der Waals surface area contributed by atoms with Crippen molar-refractivity contribution in [2.45, 2.75) is 24.2 Å². The third kappa shape index (κ3) is 4.53. The van der Waals surface area contributed by atoms with Gasteiger partial charge in [0, 0.05) is 22.7 Å². The number of nitrogens with zero attached hydrogens (tertiary/aromatic N) is 1. The molecule has 0 spiro atoms. The molecule has 0 aliphatic carbocycles. The molecule has 5 nitrogen and oxygen atoms in total. The molecule has 0 aliphatic heterocycles. The predicted molar refractivity (Wildman–Crippen MR) is 139 cm³/mol. The Morgan fingerprint density at radius 2 is 1.71 bits per heavy atom. The Kier molecular flexibility index (Phi) is 6.18. The molecule has 8 heteroatoms. The zero-order valence-electron chi connectivity index (χ0n) is 19.4. The second-order valence-electron chi connectivity index (χ2n) is 8.69. The SMILES string of the molecule is C#Cc1cc(N(C)S(=O)(=O)c2ccc3sc(C(N)=O)cc3c2)cc(C(C)(C)c2ccc(F)cc2)c1. The Morgan fingerprint density at radius 3 is 2.34 bits per heavy atom. The van der Waals surface area contributed by atoms with E-state index in [0.717, 1.165) is 15.8 Å². The minimum atomic E-state index is -3.95. The van der Waals surface area contributed by atoms with Crippen molar-refractivity contribution in [3.8, 4) is 12.3 Å². The largest absolute Gasteiger partial charge is 0.365 e. The zero-order chi connectivity index (χ0) is 25.5. The Bertz CT molecular complexity index is 1600. The van der Waals surface area contributed by atoms with Crippen molar-refractivity contribution < 1.29 is 17.6 Å². The monoisotopic (exact) mass is 506 g/mol. The van der Waals surface area contributed by atoms with Crippen LogP contribution in [0.5, 0.6) is 0 Å². The number of primary amides is 1. The van der Waals surface area contributed by atoms with E-state index in [1.807, 2.05) is 19.9 Å². The lowest BCUT2D eigenvalue weighted by Crippen LogP contribution is -2.27. The lowest BCUT2D eigenvalue weighted by molar-refractivity contribution is 0.100. The standard InChI is InChI=1S/C27H23FN2O3S2/c1-5-17-12-20(27(2,3)19-6-8-21(28)9-7-19)16-22(13-17)30(4)35(32,33)23-10-11-24-18(14-23)15-25(34-24)26(29)31/h1,6-16H,2-4H3,(H2,29,31). The van der Waals surface area contributed by atoms with E-state index in [9.17, 15) is 17.6 Å². The number of benzene rings is 3. The number of carbonyl (C=O) groups is 1. The van der Waals surface area contributed by atoms with Crippen molar-refractivity contribution in [3.05, 3.63) is 94.1 Å². The summed E-state index contributed by atoms with van der Waals surface area (Å²) < 4.78 is 42.5. The Hall–Kier alpha value is -3.67. The first-order valence-electron chi connectivity index (χ1n) is 10.6. The van der Waals surface area contributed by atoms with E-state index < -0.39 is 21.3 Å². The summed E-state index contributed by atoms with van der Waals surface area (Å²) in [7, 11) is -2.48. The van der Waals surface area contributed by atoms with Gasteiger partial charge in [0.25, 0.3) is 15.9 Å². The molecule has 0 bridgehead atoms. The van der Waals surface area contributed by atoms with E-state index in [2.05, 4.69) is 5.92 Å². The van der Waals surface area contributed by atoms with Crippen molar-refractivity contribution >= 4 is 43.0 Å². The molecule has 35 heavy (non-hydrogen) atoms. The number of anilines is 1. The molecule has 1 heterocycles. The van der Waals surface area contributed by atoms with Crippen molar-refractivity contribution in [1.82, 2.24) is 0 Å². The van der Waals surface area contributed by atoms with Gasteiger partial charge in [-0.25, -0.2) is 12.8 Å². The molecule has 0 saturated carbocycles. The third-order valence-electron chi connectivity index (χ3n) is 6.12. The van der Waals surface area contributed by atoms with Crippen molar-refractivity contribution in [2.75, 3.05) is 11.4 Å². The van der Waals surface area contributed by atoms with Crippen LogP contribution in [-0.4, -0.2) is 21.4 Å². The lowest BCUT2D eigenvalue weighted by atomic mass is 9.77. The van der Waals surface area contributed by atoms with Crippen molar-refractivity contribution in [1.29, 1.82) is 0 Å². The highest BCUT2D eigenvalue weighted by Gasteiger charge is 2.27. The summed E-state index contributed by atoms with van der Waals surface area (Å²) in [6, 6.07) is 17.7. The van der Waals surface area contributed by atoms with Crippen molar-refractivity contribution in [3.63, 3.8) is 0 Å². The first-order valence-corrected chi connectivity index (χ1v) is 12.9. The highest BCUT2D eigenvalue weighted by Crippen LogP contribution is 2.36. The highest BCUT2D eigenvalue weighted by atomic mass is 32.2. The van der Waals surface area contributed by atoms with Crippen LogP contribution in [-0.2, 0) is 15.4 Å². The Balaban J connectivity index is 1.78. The number of fused-ring (bicyclic) bond motifs is 1. The summed E-state index contributed by atoms with van der Waals surface area (Å²) >= 11 is 1.21. The first kappa shape index (κ1) is 24.5. The fourth-order valence-electron chi connectivity index (χ4n) is 3.87. The number of nitrogens with two attached hydrogens (primary N) is 1. The maximum atomic E-state index is 13.5. The number of hydrogen-bond donors (Lipinski definition) is 1. The minimum Gasteiger partial charge on any atom is -0.365 e. The van der Waals surface area contributed by atoms with Crippen molar-refractivity contribution in [2.24, 2.45) is 5.73 Å². The molecule has 4 rings (SSSR count). The molecule has 4 aromatic rings. The predicted octanol–water partition coefficient (Wildman–Crippen LogP) is 5.27. The molecule has 1 aromatic heterocycles. The molecule has 0 atom stereocenters. The van der Waals surface area contributed by atoms with Gasteiger partial charge >= 0.3 is 0 Å². The number of hydrogen-bond acceptors (Lipinski definition) is 4. The summed E-state index contributed by atoms with van der Waals surface area (Å²) in [5.74, 6) is 1.71. The van der Waals surface area contributed by atoms with E-state index in [1.165, 1.54) is 47.0 Å². The van der Waals surface area contributed by atoms with Crippen LogP contribution in [0.15, 0.2) is 71.6 Å². The third-order valence-corrected chi connectivity index (χ3v) is 9.04. The molecule has 1 amide bonds. The maximum Gasteiger partial charge on any atom is 0.264 e. The minimum absolute atomic E-state index is 0.0757. The van der Waals surface area contributed by atoms with Gasteiger partial charge in [0.2, 0.25) is 0 Å². The molecule has 0 saturated heterocycles. The molecule has 0 aliphatic rings. The van der Waals surface area contributed by atoms with E-state index in [-0.39, 0.29) is 10.7 Å². The summed E-state index contributed by atoms with van der Waals surface area (Å²) in [6.45, 7) is 3.93. The van der Waals surface area contributed by atoms with Crippen LogP contribution in [0.4, 0.5) is 10.1 Å². The first-order chi connectivity index (χ1) is 16.4. The fourth-order valence-corrected chi connectivity index (χ4v) is 5.98. The van der Waals surface area contributed by atoms with E-state index in [0.29, 0.717) is 21.5 Å². The number of halogens is 1. The summed E-state index contributed by atoms with van der Waals surface area (Å²) in [6.07, 6.45) is 5.69. The van der Waals surface area contributed by atoms with Crippen LogP contribution < -0.4 is 10.0 Å². The van der Waals surface area contributed by atoms with Crippen LogP contribution in [0.25, 0.3) is 10.1 Å². The molecular formula is C27H23FN2O3S2. The number of sulfonamides is 1. The Morgan fingerprint density at radius 1 is 1.03 bits per heavy atom. The smallest absolute Gasteiger partial charge is 0.264 e. The topological polar surface area (TPSA) is 80.5 Å². The second kappa shape index (κ2) is 8.84. The number of carbonyl (C=O) groups excluding carboxylic acids is 1. The average Bonchev–Trinajstić information content (AvgIpc) is 3.27. The van der Waals surface area contributed by atoms with E-state index in [1.54, 1.807) is 36.4 Å². The molecule has 0 fully saturated rings. The zero-order valence-corrected chi connectivity index (χ0v) is 21.0. The van der Waals surface area contributed by atoms with Gasteiger partial charge in [-0.2, -0.15) is 0 Å². The molecule has 3 aromatic carbocycles. The van der Waals surface area contributed by atoms with Crippen LogP contribution >= 0.6 is 11.3 Å². The maximum absolute atomic E-state index is 13.5. The molecular weight excluding hydrogens is 483 g/mol. The number of thiophene rings is 1. The van der Waals surface area contributed by atoms with Gasteiger partial charge < -0.3 is 5.73 Å². The number of rotatable bonds is 6. The normalized spacial score (nSPS) is 11.9. The van der Waals surface area contributed by atoms with Gasteiger partial charge in [0.1, 0.15) is 5.82 Å². The fraction of sp³-hybridized carbons (Fsp3) is 0.148. The van der Waals surface area contributed by atoms with E-state index in [4.69, 9.17) is 12.2 Å². The van der Waals surface area contributed by atoms with Gasteiger partial charge in [-0.3, -0.25) is 9.10 Å². The van der Waals surface area contributed by atoms with Crippen LogP contribution in [0, 0.1) is 18.2 Å². The second-order valence-corrected chi connectivity index (χ2v) is 11.7. The summed E-state index contributed by atoms with van der Waals surface area (Å²) in [5.41, 5.74) is 7.36. The number of amides is 1. The van der Waals surface area contributed by atoms with Gasteiger partial charge in [-0.05, 0) is 71.1 Å². The van der Waals surface area contributed by atoms with Gasteiger partial charge in [-0.1, -0.05) is 31.9 Å². The van der Waals surface area contributed by atoms with E-state index >= 15 is 0 Å². The van der Waals surface area contributed by atoms with Gasteiger partial charge in [0.15, 0.2) is 0 Å². The van der Waals surface area contributed by atoms with Crippen LogP contribution in [0.3, 0.4) is 0 Å². The molecule has 178 valence electrons.